The Labute approximate surface area is 705 Å². The number of nitrogens with zero attached hydrogens (tertiary/aromatic N) is 7. The number of phenols is 1. The molecule has 7 heterocycles. The van der Waals surface area contributed by atoms with Crippen LogP contribution < -0.4 is 52.6 Å². The fraction of sp³-hybridized carbons (Fsp3) is 0.306. The largest absolute Gasteiger partial charge is 0.504 e. The molecule has 4 N–H and O–H groups in total. The number of ether oxygens (including phenoxy) is 11. The van der Waals surface area contributed by atoms with E-state index >= 15 is 0 Å². The van der Waals surface area contributed by atoms with E-state index in [9.17, 15) is 59.1 Å². The lowest BCUT2D eigenvalue weighted by Crippen LogP contribution is -2.55. The third-order valence-corrected chi connectivity index (χ3v) is 25.6. The summed E-state index contributed by atoms with van der Waals surface area (Å²) in [5.41, 5.74) is 6.24. The minimum absolute atomic E-state index is 0.0708. The quantitative estimate of drug-likeness (QED) is 0.0275. The molecule has 0 saturated carbocycles. The van der Waals surface area contributed by atoms with Crippen molar-refractivity contribution in [1.29, 1.82) is 0 Å². The summed E-state index contributed by atoms with van der Waals surface area (Å²) in [6.07, 6.45) is 5.02. The van der Waals surface area contributed by atoms with Crippen molar-refractivity contribution in [2.45, 2.75) is 84.0 Å². The zero-order valence-corrected chi connectivity index (χ0v) is 70.6. The van der Waals surface area contributed by atoms with Crippen molar-refractivity contribution in [3.63, 3.8) is 0 Å². The second kappa shape index (κ2) is 38.1. The highest BCUT2D eigenvalue weighted by Crippen LogP contribution is 2.47. The van der Waals surface area contributed by atoms with E-state index in [0.29, 0.717) is 17.8 Å². The van der Waals surface area contributed by atoms with Gasteiger partial charge in [0, 0.05) is 59.2 Å². The number of carbonyl (C=O) groups excluding carboxylic acids is 6. The van der Waals surface area contributed by atoms with Gasteiger partial charge < -0.3 is 71.9 Å². The summed E-state index contributed by atoms with van der Waals surface area (Å²) in [6, 6.07) is 30.9. The molecule has 6 amide bonds. The predicted molar refractivity (Wildman–Crippen MR) is 448 cm³/mol. The Morgan fingerprint density at radius 1 is 0.434 bits per heavy atom. The van der Waals surface area contributed by atoms with E-state index in [0.717, 1.165) is 33.4 Å². The average molecular weight is 1730 g/mol. The predicted octanol–water partition coefficient (Wildman–Crippen LogP) is 9.62. The number of methoxy groups -OCH3 is 6. The molecule has 4 unspecified atom stereocenters. The van der Waals surface area contributed by atoms with E-state index in [4.69, 9.17) is 57.1 Å². The molecule has 37 heteroatoms. The number of amides is 6. The number of hydrogen-bond acceptors (Lipinski definition) is 25. The monoisotopic (exact) mass is 1730 g/mol. The summed E-state index contributed by atoms with van der Waals surface area (Å²) in [4.78, 5) is 98.4. The van der Waals surface area contributed by atoms with E-state index in [1.54, 1.807) is 69.3 Å². The number of carbonyl (C=O) groups is 6. The Hall–Kier alpha value is -12.5. The van der Waals surface area contributed by atoms with Crippen LogP contribution in [0, 0.1) is 0 Å². The molecule has 0 bridgehead atoms. The fourth-order valence-electron chi connectivity index (χ4n) is 15.2. The number of nitrogens with one attached hydrogen (secondary N) is 3. The zero-order valence-electron chi connectivity index (χ0n) is 68.1. The van der Waals surface area contributed by atoms with Crippen LogP contribution in [0.25, 0.3) is 16.7 Å². The molecule has 6 aliphatic heterocycles. The molecule has 644 valence electrons. The zero-order chi connectivity index (χ0) is 87.6. The summed E-state index contributed by atoms with van der Waals surface area (Å²) in [5.74, 6) is -0.769. The van der Waals surface area contributed by atoms with E-state index < -0.39 is 97.0 Å². The Bertz CT molecular complexity index is 5440. The highest BCUT2D eigenvalue weighted by atomic mass is 32.2. The number of hydrogen-bond donors (Lipinski definition) is 4. The maximum absolute atomic E-state index is 14.7. The molecule has 1 aromatic heterocycles. The number of anilines is 3. The van der Waals surface area contributed by atoms with E-state index in [-0.39, 0.29) is 154 Å². The lowest BCUT2D eigenvalue weighted by atomic mass is 9.93. The van der Waals surface area contributed by atoms with Crippen LogP contribution in [0.2, 0.25) is 0 Å². The van der Waals surface area contributed by atoms with Crippen molar-refractivity contribution >= 4 is 99.9 Å². The van der Waals surface area contributed by atoms with Crippen LogP contribution in [-0.2, 0) is 71.7 Å². The van der Waals surface area contributed by atoms with E-state index in [1.165, 1.54) is 170 Å². The number of fused-ring (bicyclic) bond motifs is 6. The molecule has 0 radical (unpaired) electrons. The van der Waals surface area contributed by atoms with Crippen LogP contribution in [0.3, 0.4) is 0 Å². The highest BCUT2D eigenvalue weighted by molar-refractivity contribution is 7.90. The lowest BCUT2D eigenvalue weighted by Gasteiger charge is -2.40. The van der Waals surface area contributed by atoms with Gasteiger partial charge in [0.05, 0.1) is 99.3 Å². The Kier molecular flexibility index (Phi) is 27.7. The SMILES string of the molecule is C=CCOC(=O)N1c2cc(O)c(OC)cc2C(=O)N2CC=C(c3ccc(S(=O)(=O)NC)cc3)CC2C1OC.C=CCOC(=O)N1c2cc(OCc3cccc(COc4cc5c(cc4OC)C(=O)N4CC=C(c6ccc(S(=O)(=O)NC)cc6)C[C@H]4C(OC)N5C(=O)OCC=C)n3)c(OC)cc2C(=O)N2CC=C(c3ccc(S(=O)(=O)NC)cc3)C[C@H]2C1OC. The van der Waals surface area contributed by atoms with Crippen LogP contribution in [0.4, 0.5) is 31.4 Å². The minimum Gasteiger partial charge on any atom is -0.504 e. The van der Waals surface area contributed by atoms with Gasteiger partial charge in [-0.05, 0) is 141 Å². The van der Waals surface area contributed by atoms with Gasteiger partial charge in [-0.1, -0.05) is 98.7 Å². The van der Waals surface area contributed by atoms with Crippen LogP contribution >= 0.6 is 0 Å². The molecular weight excluding hydrogens is 1640 g/mol. The van der Waals surface area contributed by atoms with E-state index in [1.807, 2.05) is 18.2 Å². The third-order valence-electron chi connectivity index (χ3n) is 21.3. The van der Waals surface area contributed by atoms with Crippen LogP contribution in [0.1, 0.15) is 78.4 Å². The molecule has 122 heavy (non-hydrogen) atoms. The molecule has 0 spiro atoms. The van der Waals surface area contributed by atoms with Gasteiger partial charge in [0.2, 0.25) is 30.1 Å². The first-order chi connectivity index (χ1) is 58.6. The van der Waals surface area contributed by atoms with Crippen molar-refractivity contribution < 1.29 is 111 Å². The van der Waals surface area contributed by atoms with Crippen LogP contribution in [0.5, 0.6) is 34.5 Å². The van der Waals surface area contributed by atoms with Crippen molar-refractivity contribution in [3.05, 3.63) is 228 Å². The Morgan fingerprint density at radius 2 is 0.730 bits per heavy atom. The number of rotatable bonds is 27. The molecule has 0 fully saturated rings. The van der Waals surface area contributed by atoms with Crippen molar-refractivity contribution in [3.8, 4) is 34.5 Å². The standard InChI is InChI=1S/C59H63N7O16S2.C26H29N3O8S/c1-9-26-79-58(69)65-46-32-52(50(75-5)30-44(46)54(67)63-24-22-38(28-48(63)56(65)77-7)36-14-18-42(19-15-36)83(71,72)60-3)81-34-40-12-11-13-41(62-40)35-82-53-33-47-45(31-51(53)76-6)55(68)64-25-23-39(37-16-20-43(21-17-37)84(73,74)61-4)29-49(64)57(78-8)66(47)59(70)80-27-10-2;1-5-12-37-26(32)29-20-15-22(30)23(35-3)14-19(20)24(31)28-11-10-17(13-21(28)25(29)36-4)16-6-8-18(9-7-16)38(33,34)27-2/h9-23,30-33,48-49,56-57,60-61H,1-2,24-29,34-35H2,3-8H3;5-10,14-15,21,25,27,30H,1,11-13H2,2-4H3/t48-,49-,56?,57?;/m0./s1. The van der Waals surface area contributed by atoms with Gasteiger partial charge in [-0.15, -0.1) is 0 Å². The first kappa shape index (κ1) is 88.8. The normalized spacial score (nSPS) is 18.7. The number of benzene rings is 6. The minimum atomic E-state index is -3.69. The summed E-state index contributed by atoms with van der Waals surface area (Å²) in [6.45, 7) is 10.8. The first-order valence-electron chi connectivity index (χ1n) is 38.1. The average Bonchev–Trinajstić information content (AvgIpc) is 1.60. The Morgan fingerprint density at radius 3 is 1.01 bits per heavy atom. The number of aromatic nitrogens is 1. The number of phenolic OH excluding ortho intramolecular Hbond substituents is 1. The Balaban J connectivity index is 0.000000298. The maximum Gasteiger partial charge on any atom is 0.416 e. The van der Waals surface area contributed by atoms with Crippen LogP contribution in [-0.4, -0.2) is 226 Å². The molecule has 34 nitrogen and oxygen atoms in total. The van der Waals surface area contributed by atoms with Gasteiger partial charge in [-0.2, -0.15) is 0 Å². The van der Waals surface area contributed by atoms with Gasteiger partial charge in [0.1, 0.15) is 33.0 Å². The molecule has 0 saturated heterocycles. The highest BCUT2D eigenvalue weighted by Gasteiger charge is 2.50. The molecule has 13 rings (SSSR count). The number of aromatic hydroxyl groups is 1. The van der Waals surface area contributed by atoms with Crippen LogP contribution in [0.15, 0.2) is 198 Å². The summed E-state index contributed by atoms with van der Waals surface area (Å²) < 4.78 is 145. The van der Waals surface area contributed by atoms with Gasteiger partial charge in [0.15, 0.2) is 53.2 Å². The summed E-state index contributed by atoms with van der Waals surface area (Å²) in [5, 5.41) is 10.5. The van der Waals surface area contributed by atoms with E-state index in [2.05, 4.69) is 33.9 Å². The van der Waals surface area contributed by atoms with Gasteiger partial charge >= 0.3 is 18.3 Å². The molecule has 6 aliphatic rings. The molecule has 6 aromatic carbocycles. The molecule has 7 aromatic rings. The molecule has 0 aliphatic carbocycles. The molecular formula is C85H92N10O24S3. The van der Waals surface area contributed by atoms with Gasteiger partial charge in [0.25, 0.3) is 17.7 Å². The second-order valence-corrected chi connectivity index (χ2v) is 33.6. The lowest BCUT2D eigenvalue weighted by molar-refractivity contribution is 0.0175. The van der Waals surface area contributed by atoms with Crippen molar-refractivity contribution in [2.24, 2.45) is 0 Å². The third kappa shape index (κ3) is 18.1. The second-order valence-electron chi connectivity index (χ2n) is 27.9. The first-order valence-corrected chi connectivity index (χ1v) is 42.5. The van der Waals surface area contributed by atoms with Gasteiger partial charge in [-0.25, -0.2) is 68.5 Å². The fourth-order valence-corrected chi connectivity index (χ4v) is 17.4. The maximum atomic E-state index is 14.7. The topological polar surface area (TPSA) is 395 Å². The summed E-state index contributed by atoms with van der Waals surface area (Å²) >= 11 is 0. The van der Waals surface area contributed by atoms with Gasteiger partial charge in [-0.3, -0.25) is 19.4 Å². The number of pyridine rings is 1. The number of sulfonamides is 3. The summed E-state index contributed by atoms with van der Waals surface area (Å²) in [7, 11) is 1.50. The smallest absolute Gasteiger partial charge is 0.416 e. The van der Waals surface area contributed by atoms with Crippen molar-refractivity contribution in [1.82, 2.24) is 33.8 Å². The van der Waals surface area contributed by atoms with Crippen molar-refractivity contribution in [2.75, 3.05) is 118 Å². The molecule has 6 atom stereocenters.